The average Bonchev–Trinajstić information content (AvgIpc) is 2.30. The van der Waals surface area contributed by atoms with Crippen molar-refractivity contribution in [1.29, 1.82) is 0 Å². The Morgan fingerprint density at radius 1 is 1.06 bits per heavy atom. The van der Waals surface area contributed by atoms with Crippen LogP contribution in [0.4, 0.5) is 0 Å². The van der Waals surface area contributed by atoms with Gasteiger partial charge in [0.15, 0.2) is 0 Å². The molecular weight excluding hydrogens is 212 g/mol. The highest BCUT2D eigenvalue weighted by Crippen LogP contribution is 2.18. The fraction of sp³-hybridized carbons (Fsp3) is 1.00. The summed E-state index contributed by atoms with van der Waals surface area (Å²) in [6.45, 7) is 8.50. The van der Waals surface area contributed by atoms with Crippen LogP contribution in [0, 0.1) is 5.41 Å². The molecule has 0 aromatic heterocycles. The van der Waals surface area contributed by atoms with E-state index in [1.165, 1.54) is 32.1 Å². The molecule has 0 fully saturated rings. The summed E-state index contributed by atoms with van der Waals surface area (Å²) in [6, 6.07) is 0. The first kappa shape index (κ1) is 16.9. The normalized spacial score (nSPS) is 12.0. The monoisotopic (exact) mass is 244 g/mol. The Labute approximate surface area is 107 Å². The number of nitrogens with two attached hydrogens (primary N) is 1. The summed E-state index contributed by atoms with van der Waals surface area (Å²) in [5.74, 6) is 0. The van der Waals surface area contributed by atoms with Crippen LogP contribution >= 0.6 is 0 Å². The van der Waals surface area contributed by atoms with Gasteiger partial charge in [-0.3, -0.25) is 0 Å². The van der Waals surface area contributed by atoms with E-state index in [-0.39, 0.29) is 0 Å². The summed E-state index contributed by atoms with van der Waals surface area (Å²) in [7, 11) is 1.77. The molecule has 3 heteroatoms. The van der Waals surface area contributed by atoms with Gasteiger partial charge in [-0.1, -0.05) is 33.1 Å². The Morgan fingerprint density at radius 2 is 1.71 bits per heavy atom. The SMILES string of the molecule is COCCC(C)(C)CNCCCCCCCN. The van der Waals surface area contributed by atoms with Crippen molar-refractivity contribution in [3.05, 3.63) is 0 Å². The maximum atomic E-state index is 5.46. The van der Waals surface area contributed by atoms with Gasteiger partial charge in [0, 0.05) is 20.3 Å². The number of rotatable bonds is 12. The highest BCUT2D eigenvalue weighted by molar-refractivity contribution is 4.71. The highest BCUT2D eigenvalue weighted by atomic mass is 16.5. The summed E-state index contributed by atoms with van der Waals surface area (Å²) < 4.78 is 5.12. The third kappa shape index (κ3) is 12.1. The lowest BCUT2D eigenvalue weighted by Crippen LogP contribution is -2.31. The van der Waals surface area contributed by atoms with Crippen LogP contribution in [0.25, 0.3) is 0 Å². The van der Waals surface area contributed by atoms with Crippen LogP contribution in [0.3, 0.4) is 0 Å². The number of unbranched alkanes of at least 4 members (excludes halogenated alkanes) is 4. The van der Waals surface area contributed by atoms with Crippen LogP contribution in [0.5, 0.6) is 0 Å². The van der Waals surface area contributed by atoms with Crippen molar-refractivity contribution in [1.82, 2.24) is 5.32 Å². The smallest absolute Gasteiger partial charge is 0.0467 e. The molecule has 0 radical (unpaired) electrons. The Bertz CT molecular complexity index is 160. The van der Waals surface area contributed by atoms with E-state index in [0.29, 0.717) is 5.41 Å². The average molecular weight is 244 g/mol. The summed E-state index contributed by atoms with van der Waals surface area (Å²) in [4.78, 5) is 0. The molecule has 0 aromatic rings. The lowest BCUT2D eigenvalue weighted by molar-refractivity contribution is 0.151. The van der Waals surface area contributed by atoms with Gasteiger partial charge in [-0.2, -0.15) is 0 Å². The minimum atomic E-state index is 0.343. The largest absolute Gasteiger partial charge is 0.385 e. The molecule has 0 aliphatic rings. The topological polar surface area (TPSA) is 47.3 Å². The Morgan fingerprint density at radius 3 is 2.35 bits per heavy atom. The van der Waals surface area contributed by atoms with E-state index < -0.39 is 0 Å². The minimum Gasteiger partial charge on any atom is -0.385 e. The molecule has 0 heterocycles. The molecule has 0 saturated heterocycles. The van der Waals surface area contributed by atoms with Gasteiger partial charge >= 0.3 is 0 Å². The van der Waals surface area contributed by atoms with Gasteiger partial charge in [0.2, 0.25) is 0 Å². The van der Waals surface area contributed by atoms with Crippen LogP contribution < -0.4 is 11.1 Å². The van der Waals surface area contributed by atoms with Gasteiger partial charge in [0.05, 0.1) is 0 Å². The number of hydrogen-bond acceptors (Lipinski definition) is 3. The molecule has 0 unspecified atom stereocenters. The van der Waals surface area contributed by atoms with Gasteiger partial charge in [-0.15, -0.1) is 0 Å². The number of ether oxygens (including phenoxy) is 1. The standard InChI is InChI=1S/C14H32N2O/c1-14(2,9-12-17-3)13-16-11-8-6-4-5-7-10-15/h16H,4-13,15H2,1-3H3. The van der Waals surface area contributed by atoms with Gasteiger partial charge in [0.1, 0.15) is 0 Å². The van der Waals surface area contributed by atoms with Gasteiger partial charge in [-0.05, 0) is 37.8 Å². The van der Waals surface area contributed by atoms with Crippen molar-refractivity contribution >= 4 is 0 Å². The zero-order valence-electron chi connectivity index (χ0n) is 12.1. The van der Waals surface area contributed by atoms with E-state index in [1.807, 2.05) is 0 Å². The fourth-order valence-corrected chi connectivity index (χ4v) is 1.82. The maximum Gasteiger partial charge on any atom is 0.0467 e. The maximum absolute atomic E-state index is 5.46. The molecule has 0 bridgehead atoms. The number of nitrogens with one attached hydrogen (secondary N) is 1. The van der Waals surface area contributed by atoms with Crippen molar-refractivity contribution in [2.24, 2.45) is 11.1 Å². The van der Waals surface area contributed by atoms with Crippen molar-refractivity contribution in [2.45, 2.75) is 52.4 Å². The number of hydrogen-bond donors (Lipinski definition) is 2. The van der Waals surface area contributed by atoms with E-state index in [4.69, 9.17) is 10.5 Å². The molecule has 17 heavy (non-hydrogen) atoms. The molecule has 0 atom stereocenters. The Kier molecular flexibility index (Phi) is 10.9. The first-order valence-corrected chi connectivity index (χ1v) is 7.02. The van der Waals surface area contributed by atoms with Crippen LogP contribution in [0.2, 0.25) is 0 Å². The number of methoxy groups -OCH3 is 1. The predicted octanol–water partition coefficient (Wildman–Crippen LogP) is 2.55. The van der Waals surface area contributed by atoms with E-state index in [2.05, 4.69) is 19.2 Å². The zero-order valence-corrected chi connectivity index (χ0v) is 12.1. The molecule has 0 amide bonds. The van der Waals surface area contributed by atoms with Gasteiger partial charge < -0.3 is 15.8 Å². The minimum absolute atomic E-state index is 0.343. The summed E-state index contributed by atoms with van der Waals surface area (Å²) in [5, 5.41) is 3.55. The predicted molar refractivity (Wildman–Crippen MR) is 75.3 cm³/mol. The second kappa shape index (κ2) is 11.0. The van der Waals surface area contributed by atoms with Crippen molar-refractivity contribution in [3.8, 4) is 0 Å². The van der Waals surface area contributed by atoms with Gasteiger partial charge in [0.25, 0.3) is 0 Å². The van der Waals surface area contributed by atoms with Crippen molar-refractivity contribution in [2.75, 3.05) is 33.4 Å². The van der Waals surface area contributed by atoms with Crippen LogP contribution in [0.15, 0.2) is 0 Å². The first-order valence-electron chi connectivity index (χ1n) is 7.02. The zero-order chi connectivity index (χ0) is 13.0. The second-order valence-electron chi connectivity index (χ2n) is 5.64. The van der Waals surface area contributed by atoms with Crippen LogP contribution in [0.1, 0.15) is 52.4 Å². The van der Waals surface area contributed by atoms with Crippen LogP contribution in [-0.2, 0) is 4.74 Å². The summed E-state index contributed by atoms with van der Waals surface area (Å²) >= 11 is 0. The third-order valence-electron chi connectivity index (χ3n) is 3.14. The summed E-state index contributed by atoms with van der Waals surface area (Å²) in [5.41, 5.74) is 5.80. The lowest BCUT2D eigenvalue weighted by atomic mass is 9.90. The molecule has 0 aromatic carbocycles. The van der Waals surface area contributed by atoms with Crippen LogP contribution in [-0.4, -0.2) is 33.4 Å². The third-order valence-corrected chi connectivity index (χ3v) is 3.14. The van der Waals surface area contributed by atoms with E-state index in [9.17, 15) is 0 Å². The molecular formula is C14H32N2O. The molecule has 3 nitrogen and oxygen atoms in total. The second-order valence-corrected chi connectivity index (χ2v) is 5.64. The highest BCUT2D eigenvalue weighted by Gasteiger charge is 2.16. The van der Waals surface area contributed by atoms with E-state index in [1.54, 1.807) is 7.11 Å². The molecule has 0 spiro atoms. The fourth-order valence-electron chi connectivity index (χ4n) is 1.82. The Hall–Kier alpha value is -0.120. The molecule has 3 N–H and O–H groups in total. The molecule has 104 valence electrons. The van der Waals surface area contributed by atoms with Crippen molar-refractivity contribution in [3.63, 3.8) is 0 Å². The Balaban J connectivity index is 3.26. The van der Waals surface area contributed by atoms with E-state index in [0.717, 1.165) is 32.7 Å². The summed E-state index contributed by atoms with van der Waals surface area (Å²) in [6.07, 6.45) is 7.52. The molecule has 0 rings (SSSR count). The van der Waals surface area contributed by atoms with Crippen molar-refractivity contribution < 1.29 is 4.74 Å². The lowest BCUT2D eigenvalue weighted by Gasteiger charge is -2.24. The first-order chi connectivity index (χ1) is 8.12. The molecule has 0 aliphatic heterocycles. The molecule has 0 saturated carbocycles. The van der Waals surface area contributed by atoms with Gasteiger partial charge in [-0.25, -0.2) is 0 Å². The molecule has 0 aliphatic carbocycles. The van der Waals surface area contributed by atoms with E-state index >= 15 is 0 Å². The quantitative estimate of drug-likeness (QED) is 0.519.